The smallest absolute Gasteiger partial charge is 0.255 e. The molecule has 1 N–H and O–H groups in total. The van der Waals surface area contributed by atoms with Gasteiger partial charge in [0.2, 0.25) is 10.0 Å². The number of hydrogen-bond acceptors (Lipinski definition) is 3. The van der Waals surface area contributed by atoms with Gasteiger partial charge in [-0.2, -0.15) is 4.31 Å². The van der Waals surface area contributed by atoms with Crippen molar-refractivity contribution in [2.24, 2.45) is 0 Å². The van der Waals surface area contributed by atoms with Crippen molar-refractivity contribution in [2.45, 2.75) is 44.0 Å². The first-order chi connectivity index (χ1) is 12.8. The lowest BCUT2D eigenvalue weighted by Crippen LogP contribution is -2.41. The predicted molar refractivity (Wildman–Crippen MR) is 108 cm³/mol. The standard InChI is InChI=1S/C20H23ClN2O3S/c1-14-6-9-17(21)13-19(14)22-20(24)16-7-10-18(11-8-16)27(25,26)23-12-4-3-5-15(23)2/h6-11,13,15H,3-5,12H2,1-2H3,(H,22,24). The number of amides is 1. The highest BCUT2D eigenvalue weighted by atomic mass is 35.5. The number of benzene rings is 2. The minimum atomic E-state index is -3.54. The molecule has 1 atom stereocenters. The van der Waals surface area contributed by atoms with Crippen LogP contribution in [0.5, 0.6) is 0 Å². The van der Waals surface area contributed by atoms with Crippen LogP contribution in [0.1, 0.15) is 42.1 Å². The molecule has 2 aromatic carbocycles. The number of nitrogens with zero attached hydrogens (tertiary/aromatic N) is 1. The second-order valence-electron chi connectivity index (χ2n) is 6.90. The summed E-state index contributed by atoms with van der Waals surface area (Å²) < 4.78 is 27.3. The van der Waals surface area contributed by atoms with Crippen LogP contribution in [0.25, 0.3) is 0 Å². The minimum Gasteiger partial charge on any atom is -0.322 e. The maximum absolute atomic E-state index is 12.9. The molecule has 144 valence electrons. The van der Waals surface area contributed by atoms with E-state index in [9.17, 15) is 13.2 Å². The largest absolute Gasteiger partial charge is 0.322 e. The molecule has 1 aliphatic rings. The third kappa shape index (κ3) is 4.34. The van der Waals surface area contributed by atoms with E-state index in [0.29, 0.717) is 22.8 Å². The summed E-state index contributed by atoms with van der Waals surface area (Å²) in [6, 6.07) is 11.3. The highest BCUT2D eigenvalue weighted by Gasteiger charge is 2.30. The van der Waals surface area contributed by atoms with Crippen molar-refractivity contribution < 1.29 is 13.2 Å². The van der Waals surface area contributed by atoms with E-state index in [1.807, 2.05) is 19.9 Å². The molecule has 1 unspecified atom stereocenters. The summed E-state index contributed by atoms with van der Waals surface area (Å²) in [4.78, 5) is 12.7. The zero-order valence-corrected chi connectivity index (χ0v) is 17.0. The Bertz CT molecular complexity index is 942. The molecule has 0 saturated carbocycles. The summed E-state index contributed by atoms with van der Waals surface area (Å²) in [5, 5.41) is 3.35. The Balaban J connectivity index is 1.78. The summed E-state index contributed by atoms with van der Waals surface area (Å²) in [5.74, 6) is -0.310. The average Bonchev–Trinajstić information content (AvgIpc) is 2.65. The van der Waals surface area contributed by atoms with Crippen molar-refractivity contribution in [3.8, 4) is 0 Å². The van der Waals surface area contributed by atoms with Crippen LogP contribution >= 0.6 is 11.6 Å². The molecule has 1 saturated heterocycles. The molecule has 1 heterocycles. The zero-order valence-electron chi connectivity index (χ0n) is 15.4. The number of carbonyl (C=O) groups excluding carboxylic acids is 1. The highest BCUT2D eigenvalue weighted by Crippen LogP contribution is 2.26. The number of hydrogen-bond donors (Lipinski definition) is 1. The zero-order chi connectivity index (χ0) is 19.6. The van der Waals surface area contributed by atoms with Crippen LogP contribution < -0.4 is 5.32 Å². The molecule has 0 radical (unpaired) electrons. The van der Waals surface area contributed by atoms with Gasteiger partial charge in [0.15, 0.2) is 0 Å². The number of rotatable bonds is 4. The Hall–Kier alpha value is -1.89. The van der Waals surface area contributed by atoms with Gasteiger partial charge in [-0.3, -0.25) is 4.79 Å². The van der Waals surface area contributed by atoms with Crippen LogP contribution in [0, 0.1) is 6.92 Å². The molecule has 5 nitrogen and oxygen atoms in total. The highest BCUT2D eigenvalue weighted by molar-refractivity contribution is 7.89. The van der Waals surface area contributed by atoms with Crippen LogP contribution in [0.15, 0.2) is 47.4 Å². The van der Waals surface area contributed by atoms with E-state index in [0.717, 1.165) is 24.8 Å². The summed E-state index contributed by atoms with van der Waals surface area (Å²) in [6.45, 7) is 4.35. The minimum absolute atomic E-state index is 0.00229. The Labute approximate surface area is 165 Å². The summed E-state index contributed by atoms with van der Waals surface area (Å²) >= 11 is 5.98. The lowest BCUT2D eigenvalue weighted by Gasteiger charge is -2.32. The molecule has 1 amide bonds. The maximum atomic E-state index is 12.9. The number of halogens is 1. The van der Waals surface area contributed by atoms with E-state index in [1.165, 1.54) is 24.3 Å². The second kappa shape index (κ2) is 8.00. The number of nitrogens with one attached hydrogen (secondary N) is 1. The van der Waals surface area contributed by atoms with Gasteiger partial charge in [-0.15, -0.1) is 0 Å². The van der Waals surface area contributed by atoms with E-state index >= 15 is 0 Å². The first kappa shape index (κ1) is 19.9. The van der Waals surface area contributed by atoms with Crippen molar-refractivity contribution in [3.63, 3.8) is 0 Å². The third-order valence-corrected chi connectivity index (χ3v) is 7.18. The van der Waals surface area contributed by atoms with Crippen LogP contribution in [0.3, 0.4) is 0 Å². The van der Waals surface area contributed by atoms with Gasteiger partial charge in [0.25, 0.3) is 5.91 Å². The molecule has 0 spiro atoms. The van der Waals surface area contributed by atoms with Crippen molar-refractivity contribution in [3.05, 3.63) is 58.6 Å². The Morgan fingerprint density at radius 1 is 1.15 bits per heavy atom. The number of piperidine rings is 1. The molecule has 0 aliphatic carbocycles. The van der Waals surface area contributed by atoms with Gasteiger partial charge in [0, 0.05) is 28.9 Å². The van der Waals surface area contributed by atoms with E-state index in [-0.39, 0.29) is 16.8 Å². The van der Waals surface area contributed by atoms with Crippen LogP contribution in [-0.2, 0) is 10.0 Å². The molecule has 1 aliphatic heterocycles. The molecule has 27 heavy (non-hydrogen) atoms. The van der Waals surface area contributed by atoms with Crippen molar-refractivity contribution in [1.82, 2.24) is 4.31 Å². The van der Waals surface area contributed by atoms with Crippen LogP contribution in [0.2, 0.25) is 5.02 Å². The molecule has 2 aromatic rings. The number of anilines is 1. The van der Waals surface area contributed by atoms with Crippen molar-refractivity contribution >= 4 is 33.2 Å². The molecule has 0 bridgehead atoms. The lowest BCUT2D eigenvalue weighted by atomic mass is 10.1. The SMILES string of the molecule is Cc1ccc(Cl)cc1NC(=O)c1ccc(S(=O)(=O)N2CCCCC2C)cc1. The molecule has 1 fully saturated rings. The summed E-state index contributed by atoms with van der Waals surface area (Å²) in [5.41, 5.74) is 1.91. The predicted octanol–water partition coefficient (Wildman–Crippen LogP) is 4.46. The summed E-state index contributed by atoms with van der Waals surface area (Å²) in [7, 11) is -3.54. The fourth-order valence-electron chi connectivity index (χ4n) is 3.27. The Morgan fingerprint density at radius 2 is 1.85 bits per heavy atom. The first-order valence-corrected chi connectivity index (χ1v) is 10.8. The van der Waals surface area contributed by atoms with Crippen molar-refractivity contribution in [1.29, 1.82) is 0 Å². The van der Waals surface area contributed by atoms with Gasteiger partial charge in [0.05, 0.1) is 4.90 Å². The number of aryl methyl sites for hydroxylation is 1. The monoisotopic (exact) mass is 406 g/mol. The van der Waals surface area contributed by atoms with Crippen molar-refractivity contribution in [2.75, 3.05) is 11.9 Å². The van der Waals surface area contributed by atoms with Gasteiger partial charge < -0.3 is 5.32 Å². The van der Waals surface area contributed by atoms with Gasteiger partial charge in [-0.1, -0.05) is 24.1 Å². The Morgan fingerprint density at radius 3 is 2.52 bits per heavy atom. The normalized spacial score (nSPS) is 18.3. The van der Waals surface area contributed by atoms with Gasteiger partial charge in [-0.05, 0) is 68.7 Å². The fraction of sp³-hybridized carbons (Fsp3) is 0.350. The lowest BCUT2D eigenvalue weighted by molar-refractivity contribution is 0.102. The van der Waals surface area contributed by atoms with Gasteiger partial charge >= 0.3 is 0 Å². The van der Waals surface area contributed by atoms with E-state index < -0.39 is 10.0 Å². The fourth-order valence-corrected chi connectivity index (χ4v) is 5.14. The number of carbonyl (C=O) groups is 1. The molecule has 7 heteroatoms. The van der Waals surface area contributed by atoms with Gasteiger partial charge in [0.1, 0.15) is 0 Å². The maximum Gasteiger partial charge on any atom is 0.255 e. The first-order valence-electron chi connectivity index (χ1n) is 8.98. The second-order valence-corrected chi connectivity index (χ2v) is 9.23. The quantitative estimate of drug-likeness (QED) is 0.814. The molecule has 3 rings (SSSR count). The Kier molecular flexibility index (Phi) is 5.89. The number of sulfonamides is 1. The van der Waals surface area contributed by atoms with Crippen LogP contribution in [-0.4, -0.2) is 31.2 Å². The topological polar surface area (TPSA) is 66.5 Å². The van der Waals surface area contributed by atoms with E-state index in [4.69, 9.17) is 11.6 Å². The molecule has 0 aromatic heterocycles. The van der Waals surface area contributed by atoms with Gasteiger partial charge in [-0.25, -0.2) is 8.42 Å². The third-order valence-electron chi connectivity index (χ3n) is 4.91. The average molecular weight is 407 g/mol. The van der Waals surface area contributed by atoms with E-state index in [1.54, 1.807) is 16.4 Å². The van der Waals surface area contributed by atoms with Crippen LogP contribution in [0.4, 0.5) is 5.69 Å². The van der Waals surface area contributed by atoms with E-state index in [2.05, 4.69) is 5.32 Å². The molecular formula is C20H23ClN2O3S. The molecular weight excluding hydrogens is 384 g/mol. The summed E-state index contributed by atoms with van der Waals surface area (Å²) in [6.07, 6.45) is 2.80.